The van der Waals surface area contributed by atoms with E-state index in [1.165, 1.54) is 6.26 Å². The van der Waals surface area contributed by atoms with Gasteiger partial charge in [0.25, 0.3) is 5.91 Å². The largest absolute Gasteiger partial charge is 0.459 e. The molecule has 0 saturated carbocycles. The number of hydrogen-bond acceptors (Lipinski definition) is 6. The quantitative estimate of drug-likeness (QED) is 0.448. The highest BCUT2D eigenvalue weighted by Gasteiger charge is 2.20. The molecule has 9 nitrogen and oxygen atoms in total. The van der Waals surface area contributed by atoms with E-state index in [0.29, 0.717) is 18.8 Å². The van der Waals surface area contributed by atoms with Crippen LogP contribution in [0.1, 0.15) is 10.6 Å². The van der Waals surface area contributed by atoms with Crippen molar-refractivity contribution < 1.29 is 9.21 Å². The lowest BCUT2D eigenvalue weighted by Gasteiger charge is -2.36. The number of guanidine groups is 1. The normalized spacial score (nSPS) is 15.0. The number of amides is 1. The standard InChI is InChI=1S/C17H23N7O2/c1-18-16(22-8-7-19-15(25)14-4-2-13-26-14)23-9-11-24(12-10-23)17-20-5-3-6-21-17/h2-6,13H,7-12H2,1H3,(H,18,22)(H,19,25). The molecule has 2 aromatic rings. The van der Waals surface area contributed by atoms with E-state index < -0.39 is 0 Å². The predicted octanol–water partition coefficient (Wildman–Crippen LogP) is 0.197. The Labute approximate surface area is 152 Å². The number of rotatable bonds is 5. The topological polar surface area (TPSA) is 98.9 Å². The number of nitrogens with one attached hydrogen (secondary N) is 2. The van der Waals surface area contributed by atoms with E-state index in [4.69, 9.17) is 4.42 Å². The third kappa shape index (κ3) is 4.50. The highest BCUT2D eigenvalue weighted by molar-refractivity contribution is 5.91. The van der Waals surface area contributed by atoms with Crippen LogP contribution in [0.15, 0.2) is 46.3 Å². The summed E-state index contributed by atoms with van der Waals surface area (Å²) in [6.07, 6.45) is 4.99. The summed E-state index contributed by atoms with van der Waals surface area (Å²) in [6, 6.07) is 5.14. The number of carbonyl (C=O) groups excluding carboxylic acids is 1. The minimum Gasteiger partial charge on any atom is -0.459 e. The number of piperazine rings is 1. The Morgan fingerprint density at radius 1 is 1.15 bits per heavy atom. The zero-order valence-electron chi connectivity index (χ0n) is 14.8. The fraction of sp³-hybridized carbons (Fsp3) is 0.412. The molecule has 1 aliphatic heterocycles. The van der Waals surface area contributed by atoms with Gasteiger partial charge in [0.2, 0.25) is 5.95 Å². The molecule has 0 unspecified atom stereocenters. The van der Waals surface area contributed by atoms with Gasteiger partial charge in [0.05, 0.1) is 6.26 Å². The molecule has 2 N–H and O–H groups in total. The Morgan fingerprint density at radius 2 is 1.88 bits per heavy atom. The lowest BCUT2D eigenvalue weighted by atomic mass is 10.3. The van der Waals surface area contributed by atoms with Crippen LogP contribution in [0.25, 0.3) is 0 Å². The third-order valence-electron chi connectivity index (χ3n) is 4.06. The molecule has 0 aliphatic carbocycles. The van der Waals surface area contributed by atoms with Crippen LogP contribution in [0.3, 0.4) is 0 Å². The Kier molecular flexibility index (Phi) is 6.02. The predicted molar refractivity (Wildman–Crippen MR) is 98.2 cm³/mol. The molecular formula is C17H23N7O2. The van der Waals surface area contributed by atoms with Gasteiger partial charge in [-0.2, -0.15) is 0 Å². The zero-order chi connectivity index (χ0) is 18.2. The highest BCUT2D eigenvalue weighted by atomic mass is 16.3. The van der Waals surface area contributed by atoms with Gasteiger partial charge >= 0.3 is 0 Å². The smallest absolute Gasteiger partial charge is 0.287 e. The molecule has 3 heterocycles. The second kappa shape index (κ2) is 8.84. The fourth-order valence-electron chi connectivity index (χ4n) is 2.75. The average Bonchev–Trinajstić information content (AvgIpc) is 3.24. The summed E-state index contributed by atoms with van der Waals surface area (Å²) in [7, 11) is 1.76. The van der Waals surface area contributed by atoms with Crippen molar-refractivity contribution in [3.8, 4) is 0 Å². The van der Waals surface area contributed by atoms with Gasteiger partial charge in [-0.3, -0.25) is 9.79 Å². The molecule has 0 aromatic carbocycles. The van der Waals surface area contributed by atoms with Crippen molar-refractivity contribution >= 4 is 17.8 Å². The van der Waals surface area contributed by atoms with Crippen molar-refractivity contribution in [1.82, 2.24) is 25.5 Å². The van der Waals surface area contributed by atoms with E-state index in [1.807, 2.05) is 6.07 Å². The van der Waals surface area contributed by atoms with Gasteiger partial charge in [0, 0.05) is 58.7 Å². The lowest BCUT2D eigenvalue weighted by Crippen LogP contribution is -2.53. The molecule has 0 spiro atoms. The van der Waals surface area contributed by atoms with E-state index >= 15 is 0 Å². The molecule has 1 amide bonds. The molecule has 0 atom stereocenters. The molecule has 0 bridgehead atoms. The van der Waals surface area contributed by atoms with Gasteiger partial charge in [-0.1, -0.05) is 0 Å². The first kappa shape index (κ1) is 17.7. The maximum atomic E-state index is 11.8. The summed E-state index contributed by atoms with van der Waals surface area (Å²) < 4.78 is 5.06. The highest BCUT2D eigenvalue weighted by Crippen LogP contribution is 2.09. The fourth-order valence-corrected chi connectivity index (χ4v) is 2.75. The van der Waals surface area contributed by atoms with Crippen molar-refractivity contribution in [1.29, 1.82) is 0 Å². The zero-order valence-corrected chi connectivity index (χ0v) is 14.8. The molecule has 138 valence electrons. The first-order valence-corrected chi connectivity index (χ1v) is 8.57. The monoisotopic (exact) mass is 357 g/mol. The van der Waals surface area contributed by atoms with Crippen molar-refractivity contribution in [2.24, 2.45) is 4.99 Å². The lowest BCUT2D eigenvalue weighted by molar-refractivity contribution is 0.0926. The maximum absolute atomic E-state index is 11.8. The van der Waals surface area contributed by atoms with Gasteiger partial charge < -0.3 is 24.9 Å². The second-order valence-electron chi connectivity index (χ2n) is 5.73. The van der Waals surface area contributed by atoms with Crippen LogP contribution in [-0.2, 0) is 0 Å². The first-order chi connectivity index (χ1) is 12.8. The Balaban J connectivity index is 1.40. The van der Waals surface area contributed by atoms with Crippen molar-refractivity contribution in [3.05, 3.63) is 42.6 Å². The Morgan fingerprint density at radius 3 is 2.54 bits per heavy atom. The van der Waals surface area contributed by atoms with E-state index in [2.05, 4.69) is 35.4 Å². The summed E-state index contributed by atoms with van der Waals surface area (Å²) in [4.78, 5) is 29.1. The van der Waals surface area contributed by atoms with Crippen LogP contribution in [-0.4, -0.2) is 73.1 Å². The van der Waals surface area contributed by atoms with E-state index in [9.17, 15) is 4.79 Å². The molecule has 1 fully saturated rings. The first-order valence-electron chi connectivity index (χ1n) is 8.57. The molecule has 2 aromatic heterocycles. The summed E-state index contributed by atoms with van der Waals surface area (Å²) in [5, 5.41) is 6.08. The molecule has 3 rings (SSSR count). The van der Waals surface area contributed by atoms with Crippen LogP contribution in [0.2, 0.25) is 0 Å². The summed E-state index contributed by atoms with van der Waals surface area (Å²) in [5.41, 5.74) is 0. The number of aromatic nitrogens is 2. The van der Waals surface area contributed by atoms with E-state index in [0.717, 1.165) is 38.1 Å². The van der Waals surface area contributed by atoms with Crippen LogP contribution >= 0.6 is 0 Å². The third-order valence-corrected chi connectivity index (χ3v) is 4.06. The Bertz CT molecular complexity index is 710. The maximum Gasteiger partial charge on any atom is 0.287 e. The summed E-state index contributed by atoms with van der Waals surface area (Å²) in [6.45, 7) is 4.39. The number of furan rings is 1. The molecule has 26 heavy (non-hydrogen) atoms. The van der Waals surface area contributed by atoms with Gasteiger partial charge in [-0.15, -0.1) is 0 Å². The number of hydrogen-bond donors (Lipinski definition) is 2. The molecular weight excluding hydrogens is 334 g/mol. The van der Waals surface area contributed by atoms with Gasteiger partial charge in [0.1, 0.15) is 0 Å². The molecule has 1 saturated heterocycles. The van der Waals surface area contributed by atoms with E-state index in [-0.39, 0.29) is 5.91 Å². The van der Waals surface area contributed by atoms with Crippen LogP contribution in [0.4, 0.5) is 5.95 Å². The molecule has 1 aliphatic rings. The summed E-state index contributed by atoms with van der Waals surface area (Å²) >= 11 is 0. The number of aliphatic imine (C=N–C) groups is 1. The SMILES string of the molecule is CN=C(NCCNC(=O)c1ccco1)N1CCN(c2ncccn2)CC1. The minimum atomic E-state index is -0.219. The Hall–Kier alpha value is -3.10. The van der Waals surface area contributed by atoms with Gasteiger partial charge in [0.15, 0.2) is 11.7 Å². The molecule has 0 radical (unpaired) electrons. The van der Waals surface area contributed by atoms with Gasteiger partial charge in [-0.05, 0) is 18.2 Å². The van der Waals surface area contributed by atoms with E-state index in [1.54, 1.807) is 31.6 Å². The van der Waals surface area contributed by atoms with Crippen molar-refractivity contribution in [2.75, 3.05) is 51.2 Å². The minimum absolute atomic E-state index is 0.219. The van der Waals surface area contributed by atoms with Crippen molar-refractivity contribution in [2.45, 2.75) is 0 Å². The number of nitrogens with zero attached hydrogens (tertiary/aromatic N) is 5. The second-order valence-corrected chi connectivity index (χ2v) is 5.73. The summed E-state index contributed by atoms with van der Waals surface area (Å²) in [5.74, 6) is 1.68. The molecule has 9 heteroatoms. The van der Waals surface area contributed by atoms with Crippen molar-refractivity contribution in [3.63, 3.8) is 0 Å². The van der Waals surface area contributed by atoms with Crippen LogP contribution in [0, 0.1) is 0 Å². The van der Waals surface area contributed by atoms with Crippen LogP contribution in [0.5, 0.6) is 0 Å². The van der Waals surface area contributed by atoms with Crippen LogP contribution < -0.4 is 15.5 Å². The number of carbonyl (C=O) groups is 1. The number of anilines is 1. The van der Waals surface area contributed by atoms with Gasteiger partial charge in [-0.25, -0.2) is 9.97 Å². The average molecular weight is 357 g/mol.